The topological polar surface area (TPSA) is 127 Å². The van der Waals surface area contributed by atoms with Crippen LogP contribution in [0.5, 0.6) is 0 Å². The number of sulfonamides is 1. The van der Waals surface area contributed by atoms with Crippen molar-refractivity contribution in [1.29, 1.82) is 0 Å². The molecule has 1 saturated carbocycles. The van der Waals surface area contributed by atoms with Gasteiger partial charge in [-0.3, -0.25) is 9.59 Å². The Balaban J connectivity index is 0.000000767. The highest BCUT2D eigenvalue weighted by atomic mass is 35.5. The maximum atomic E-state index is 13.9. The molecule has 0 aromatic heterocycles. The largest absolute Gasteiger partial charge is 0.465 e. The molecule has 2 N–H and O–H groups in total. The molecule has 3 fully saturated rings. The molecule has 2 aromatic rings. The molecule has 43 heavy (non-hydrogen) atoms. The van der Waals surface area contributed by atoms with Crippen LogP contribution < -0.4 is 5.32 Å². The molecule has 234 valence electrons. The summed E-state index contributed by atoms with van der Waals surface area (Å²) in [4.78, 5) is 41.3. The van der Waals surface area contributed by atoms with Gasteiger partial charge < -0.3 is 20.2 Å². The Morgan fingerprint density at radius 1 is 0.930 bits per heavy atom. The number of hydrogen-bond donors (Lipinski definition) is 2. The first-order chi connectivity index (χ1) is 20.3. The molecule has 2 saturated heterocycles. The van der Waals surface area contributed by atoms with E-state index < -0.39 is 46.8 Å². The molecule has 3 unspecified atom stereocenters. The van der Waals surface area contributed by atoms with Crippen molar-refractivity contribution in [3.05, 3.63) is 63.1 Å². The number of carbonyl (C=O) groups excluding carboxylic acids is 2. The van der Waals surface area contributed by atoms with Gasteiger partial charge in [-0.2, -0.15) is 4.31 Å². The van der Waals surface area contributed by atoms with Crippen LogP contribution in [0.2, 0.25) is 15.1 Å². The van der Waals surface area contributed by atoms with Crippen LogP contribution >= 0.6 is 34.8 Å². The highest BCUT2D eigenvalue weighted by Crippen LogP contribution is 2.35. The zero-order valence-corrected chi connectivity index (χ0v) is 27.0. The summed E-state index contributed by atoms with van der Waals surface area (Å²) < 4.78 is 28.9. The van der Waals surface area contributed by atoms with Crippen molar-refractivity contribution < 1.29 is 27.9 Å². The fourth-order valence-corrected chi connectivity index (χ4v) is 8.12. The molecule has 2 aliphatic heterocycles. The normalized spacial score (nSPS) is 22.7. The Morgan fingerprint density at radius 2 is 1.51 bits per heavy atom. The zero-order valence-electron chi connectivity index (χ0n) is 23.9. The fraction of sp³-hybridized carbons (Fsp3) is 0.483. The van der Waals surface area contributed by atoms with Gasteiger partial charge in [0.1, 0.15) is 23.1 Å². The molecular formula is C29H35Cl3N4O6S. The third-order valence-corrected chi connectivity index (χ3v) is 10.7. The van der Waals surface area contributed by atoms with Crippen LogP contribution in [0.1, 0.15) is 51.5 Å². The zero-order chi connectivity index (χ0) is 31.5. The lowest BCUT2D eigenvalue weighted by molar-refractivity contribution is -0.168. The van der Waals surface area contributed by atoms with Gasteiger partial charge in [-0.05, 0) is 49.7 Å². The van der Waals surface area contributed by atoms with E-state index in [1.807, 2.05) is 0 Å². The van der Waals surface area contributed by atoms with Gasteiger partial charge in [-0.15, -0.1) is 0 Å². The average molecular weight is 674 g/mol. The van der Waals surface area contributed by atoms with Gasteiger partial charge in [-0.25, -0.2) is 13.2 Å². The summed E-state index contributed by atoms with van der Waals surface area (Å²) >= 11 is 18.2. The number of piperazine rings is 1. The molecule has 0 radical (unpaired) electrons. The minimum absolute atomic E-state index is 0.0663. The summed E-state index contributed by atoms with van der Waals surface area (Å²) in [5.74, 6) is -1.07. The predicted octanol–water partition coefficient (Wildman–Crippen LogP) is 5.25. The smallest absolute Gasteiger partial charge is 0.405 e. The number of amides is 3. The van der Waals surface area contributed by atoms with Crippen LogP contribution in [0.3, 0.4) is 0 Å². The average Bonchev–Trinajstić information content (AvgIpc) is 3.52. The van der Waals surface area contributed by atoms with Crippen LogP contribution in [0.25, 0.3) is 0 Å². The predicted molar refractivity (Wildman–Crippen MR) is 165 cm³/mol. The van der Waals surface area contributed by atoms with E-state index in [9.17, 15) is 27.9 Å². The van der Waals surface area contributed by atoms with Crippen molar-refractivity contribution in [3.63, 3.8) is 0 Å². The van der Waals surface area contributed by atoms with Gasteiger partial charge in [0.2, 0.25) is 21.8 Å². The van der Waals surface area contributed by atoms with Crippen molar-refractivity contribution in [2.24, 2.45) is 0 Å². The van der Waals surface area contributed by atoms with Crippen molar-refractivity contribution in [3.8, 4) is 0 Å². The van der Waals surface area contributed by atoms with E-state index in [0.717, 1.165) is 4.31 Å². The molecule has 10 nitrogen and oxygen atoms in total. The lowest BCUT2D eigenvalue weighted by Gasteiger charge is -2.54. The maximum Gasteiger partial charge on any atom is 0.405 e. The maximum absolute atomic E-state index is 13.9. The van der Waals surface area contributed by atoms with Crippen molar-refractivity contribution >= 4 is 62.7 Å². The van der Waals surface area contributed by atoms with Gasteiger partial charge in [0, 0.05) is 29.1 Å². The van der Waals surface area contributed by atoms with Crippen molar-refractivity contribution in [1.82, 2.24) is 19.4 Å². The third-order valence-electron chi connectivity index (χ3n) is 7.83. The number of carboxylic acid groups (broad SMARTS) is 1. The van der Waals surface area contributed by atoms with Gasteiger partial charge in [0.25, 0.3) is 0 Å². The van der Waals surface area contributed by atoms with Crippen LogP contribution in [0.4, 0.5) is 4.79 Å². The first-order valence-electron chi connectivity index (χ1n) is 14.1. The molecule has 3 atom stereocenters. The van der Waals surface area contributed by atoms with Crippen LogP contribution in [0, 0.1) is 0 Å². The molecule has 2 heterocycles. The lowest BCUT2D eigenvalue weighted by Crippen LogP contribution is -2.76. The SMILES string of the molecule is C1CCCC1.CC(C)N1CC2N(C(=O)C(NC(=O)O)CN2S(=O)(=O)c2ccc(Cl)cc2Cl)C(Cc2ccc(Cl)cc2)C1=O. The van der Waals surface area contributed by atoms with E-state index in [4.69, 9.17) is 34.8 Å². The van der Waals surface area contributed by atoms with E-state index in [0.29, 0.717) is 10.6 Å². The molecule has 3 amide bonds. The number of rotatable bonds is 6. The first-order valence-corrected chi connectivity index (χ1v) is 16.7. The van der Waals surface area contributed by atoms with Gasteiger partial charge in [0.15, 0.2) is 0 Å². The van der Waals surface area contributed by atoms with Crippen LogP contribution in [-0.2, 0) is 26.0 Å². The van der Waals surface area contributed by atoms with E-state index in [2.05, 4.69) is 5.32 Å². The van der Waals surface area contributed by atoms with Gasteiger partial charge in [0.05, 0.1) is 11.6 Å². The van der Waals surface area contributed by atoms with E-state index in [1.165, 1.54) is 60.1 Å². The van der Waals surface area contributed by atoms with E-state index in [-0.39, 0.29) is 39.9 Å². The summed E-state index contributed by atoms with van der Waals surface area (Å²) in [5.41, 5.74) is 0.688. The number of fused-ring (bicyclic) bond motifs is 1. The second-order valence-corrected chi connectivity index (χ2v) is 14.2. The highest BCUT2D eigenvalue weighted by molar-refractivity contribution is 7.89. The minimum atomic E-state index is -4.38. The highest BCUT2D eigenvalue weighted by Gasteiger charge is 2.54. The Bertz CT molecular complexity index is 1450. The fourth-order valence-electron chi connectivity index (χ4n) is 5.67. The monoisotopic (exact) mass is 672 g/mol. The third kappa shape index (κ3) is 7.57. The summed E-state index contributed by atoms with van der Waals surface area (Å²) in [5, 5.41) is 12.1. The summed E-state index contributed by atoms with van der Waals surface area (Å²) in [6.07, 6.45) is 4.95. The Kier molecular flexibility index (Phi) is 10.9. The second-order valence-electron chi connectivity index (χ2n) is 11.1. The van der Waals surface area contributed by atoms with E-state index >= 15 is 0 Å². The van der Waals surface area contributed by atoms with Crippen LogP contribution in [0.15, 0.2) is 47.4 Å². The number of nitrogens with one attached hydrogen (secondary N) is 1. The number of nitrogens with zero attached hydrogens (tertiary/aromatic N) is 3. The lowest BCUT2D eigenvalue weighted by atomic mass is 9.96. The Hall–Kier alpha value is -2.57. The minimum Gasteiger partial charge on any atom is -0.465 e. The summed E-state index contributed by atoms with van der Waals surface area (Å²) in [6.45, 7) is 2.99. The number of halogens is 3. The second kappa shape index (κ2) is 14.0. The number of carbonyl (C=O) groups is 3. The molecule has 14 heteroatoms. The number of hydrogen-bond acceptors (Lipinski definition) is 5. The number of benzene rings is 2. The Morgan fingerprint density at radius 3 is 2.05 bits per heavy atom. The van der Waals surface area contributed by atoms with E-state index in [1.54, 1.807) is 38.1 Å². The van der Waals surface area contributed by atoms with Gasteiger partial charge >= 0.3 is 6.09 Å². The first kappa shape index (κ1) is 33.3. The van der Waals surface area contributed by atoms with Crippen LogP contribution in [-0.4, -0.2) is 82.9 Å². The van der Waals surface area contributed by atoms with Crippen molar-refractivity contribution in [2.45, 2.75) is 81.6 Å². The Labute approximate surface area is 266 Å². The van der Waals surface area contributed by atoms with Gasteiger partial charge in [-0.1, -0.05) is 79.0 Å². The molecule has 3 aliphatic rings. The molecule has 2 aromatic carbocycles. The molecule has 5 rings (SSSR count). The standard InChI is InChI=1S/C24H25Cl3N4O6S.C5H10/c1-13(2)29-12-21-30(38(36,37)20-8-7-16(26)10-17(20)27)11-18(28-24(34)35)22(32)31(21)19(23(29)33)9-14-3-5-15(25)6-4-14;1-2-4-5-3-1/h3-8,10,13,18-19,21,28H,9,11-12H2,1-2H3,(H,34,35);1-5H2. The summed E-state index contributed by atoms with van der Waals surface area (Å²) in [6, 6.07) is 7.77. The summed E-state index contributed by atoms with van der Waals surface area (Å²) in [7, 11) is -4.38. The molecular weight excluding hydrogens is 639 g/mol. The molecule has 1 aliphatic carbocycles. The molecule has 0 bridgehead atoms. The molecule has 0 spiro atoms. The quantitative estimate of drug-likeness (QED) is 0.431. The van der Waals surface area contributed by atoms with Crippen molar-refractivity contribution in [2.75, 3.05) is 13.1 Å².